The minimum absolute atomic E-state index is 0.0358. The summed E-state index contributed by atoms with van der Waals surface area (Å²) in [6, 6.07) is 12.9. The van der Waals surface area contributed by atoms with Crippen molar-refractivity contribution >= 4 is 23.4 Å². The molecule has 1 N–H and O–H groups in total. The largest absolute Gasteiger partial charge is 0.497 e. The third-order valence-corrected chi connectivity index (χ3v) is 5.60. The first-order valence-electron chi connectivity index (χ1n) is 11.5. The van der Waals surface area contributed by atoms with Crippen molar-refractivity contribution in [3.05, 3.63) is 64.2 Å². The highest BCUT2D eigenvalue weighted by Crippen LogP contribution is 2.21. The zero-order valence-corrected chi connectivity index (χ0v) is 20.5. The molecule has 0 radical (unpaired) electrons. The Bertz CT molecular complexity index is 1030. The second-order valence-corrected chi connectivity index (χ2v) is 9.34. The molecule has 0 aromatic heterocycles. The monoisotopic (exact) mass is 484 g/mol. The Morgan fingerprint density at radius 3 is 2.14 bits per heavy atom. The van der Waals surface area contributed by atoms with Gasteiger partial charge in [0.15, 0.2) is 0 Å². The molecule has 1 saturated heterocycles. The fourth-order valence-electron chi connectivity index (χ4n) is 3.84. The van der Waals surface area contributed by atoms with Crippen LogP contribution in [0.15, 0.2) is 48.5 Å². The molecule has 188 valence electrons. The third kappa shape index (κ3) is 7.33. The molecule has 1 aliphatic heterocycles. The average Bonchev–Trinajstić information content (AvgIpc) is 2.82. The summed E-state index contributed by atoms with van der Waals surface area (Å²) in [6.45, 7) is 7.53. The molecule has 10 nitrogen and oxygen atoms in total. The lowest BCUT2D eigenvalue weighted by Gasteiger charge is -2.37. The number of methoxy groups -OCH3 is 1. The summed E-state index contributed by atoms with van der Waals surface area (Å²) >= 11 is 0. The lowest BCUT2D eigenvalue weighted by molar-refractivity contribution is -0.384. The van der Waals surface area contributed by atoms with Crippen LogP contribution in [-0.4, -0.2) is 66.8 Å². The number of benzene rings is 2. The van der Waals surface area contributed by atoms with E-state index in [2.05, 4.69) is 10.2 Å². The Morgan fingerprint density at radius 2 is 1.63 bits per heavy atom. The summed E-state index contributed by atoms with van der Waals surface area (Å²) in [6.07, 6.45) is -0.496. The predicted octanol–water partition coefficient (Wildman–Crippen LogP) is 3.39. The zero-order valence-electron chi connectivity index (χ0n) is 20.5. The van der Waals surface area contributed by atoms with Gasteiger partial charge in [-0.1, -0.05) is 12.1 Å². The lowest BCUT2D eigenvalue weighted by atomic mass is 10.0. The molecule has 0 bridgehead atoms. The summed E-state index contributed by atoms with van der Waals surface area (Å²) in [5.41, 5.74) is 0.996. The third-order valence-electron chi connectivity index (χ3n) is 5.60. The van der Waals surface area contributed by atoms with Gasteiger partial charge < -0.3 is 24.6 Å². The van der Waals surface area contributed by atoms with E-state index in [0.717, 1.165) is 11.4 Å². The fraction of sp³-hybridized carbons (Fsp3) is 0.440. The first-order chi connectivity index (χ1) is 16.6. The molecule has 1 atom stereocenters. The van der Waals surface area contributed by atoms with E-state index in [9.17, 15) is 19.7 Å². The van der Waals surface area contributed by atoms with E-state index < -0.39 is 22.7 Å². The second-order valence-electron chi connectivity index (χ2n) is 9.34. The van der Waals surface area contributed by atoms with E-state index in [1.54, 1.807) is 44.9 Å². The fourth-order valence-corrected chi connectivity index (χ4v) is 3.84. The number of hydrogen-bond donors (Lipinski definition) is 1. The summed E-state index contributed by atoms with van der Waals surface area (Å²) < 4.78 is 10.6. The number of ether oxygens (including phenoxy) is 2. The van der Waals surface area contributed by atoms with Crippen molar-refractivity contribution in [2.75, 3.05) is 38.2 Å². The summed E-state index contributed by atoms with van der Waals surface area (Å²) in [5.74, 6) is 0.563. The maximum atomic E-state index is 13.4. The number of carbonyl (C=O) groups excluding carboxylic acids is 2. The topological polar surface area (TPSA) is 114 Å². The van der Waals surface area contributed by atoms with E-state index >= 15 is 0 Å². The highest BCUT2D eigenvalue weighted by atomic mass is 16.6. The quantitative estimate of drug-likeness (QED) is 0.473. The SMILES string of the molecule is COc1ccc(N2CCN(C(=O)C(Cc3ccc([N+](=O)[O-])cc3)NC(=O)OC(C)(C)C)CC2)cc1. The number of non-ortho nitro benzene ring substituents is 1. The normalized spacial score (nSPS) is 14.7. The lowest BCUT2D eigenvalue weighted by Crippen LogP contribution is -2.56. The van der Waals surface area contributed by atoms with Crippen LogP contribution >= 0.6 is 0 Å². The van der Waals surface area contributed by atoms with E-state index in [0.29, 0.717) is 31.7 Å². The molecule has 2 amide bonds. The van der Waals surface area contributed by atoms with E-state index in [1.807, 2.05) is 24.3 Å². The number of carbonyl (C=O) groups is 2. The molecule has 0 spiro atoms. The molecule has 1 unspecified atom stereocenters. The molecule has 1 heterocycles. The van der Waals surface area contributed by atoms with E-state index in [4.69, 9.17) is 9.47 Å². The number of amides is 2. The highest BCUT2D eigenvalue weighted by Gasteiger charge is 2.30. The van der Waals surface area contributed by atoms with Crippen molar-refractivity contribution in [2.45, 2.75) is 38.8 Å². The van der Waals surface area contributed by atoms with Gasteiger partial charge in [-0.15, -0.1) is 0 Å². The molecule has 3 rings (SSSR count). The zero-order chi connectivity index (χ0) is 25.6. The number of rotatable bonds is 7. The van der Waals surface area contributed by atoms with Crippen LogP contribution in [0.25, 0.3) is 0 Å². The molecule has 2 aromatic carbocycles. The van der Waals surface area contributed by atoms with Gasteiger partial charge in [-0.05, 0) is 50.6 Å². The molecular weight excluding hydrogens is 452 g/mol. The summed E-state index contributed by atoms with van der Waals surface area (Å²) in [5, 5.41) is 13.6. The Kier molecular flexibility index (Phi) is 8.16. The van der Waals surface area contributed by atoms with Crippen LogP contribution in [0.2, 0.25) is 0 Å². The summed E-state index contributed by atoms with van der Waals surface area (Å²) in [7, 11) is 1.62. The minimum atomic E-state index is -0.862. The Labute approximate surface area is 204 Å². The van der Waals surface area contributed by atoms with Crippen LogP contribution in [0.3, 0.4) is 0 Å². The number of piperazine rings is 1. The molecule has 35 heavy (non-hydrogen) atoms. The second kappa shape index (κ2) is 11.1. The van der Waals surface area contributed by atoms with Crippen LogP contribution in [0.5, 0.6) is 5.75 Å². The number of nitrogens with zero attached hydrogens (tertiary/aromatic N) is 3. The molecule has 2 aromatic rings. The predicted molar refractivity (Wildman–Crippen MR) is 132 cm³/mol. The Morgan fingerprint density at radius 1 is 1.03 bits per heavy atom. The van der Waals surface area contributed by atoms with Crippen molar-refractivity contribution in [3.8, 4) is 5.75 Å². The van der Waals surface area contributed by atoms with Crippen LogP contribution in [-0.2, 0) is 16.0 Å². The molecule has 1 aliphatic rings. The Hall–Kier alpha value is -3.82. The first kappa shape index (κ1) is 25.8. The van der Waals surface area contributed by atoms with Crippen molar-refractivity contribution in [1.29, 1.82) is 0 Å². The van der Waals surface area contributed by atoms with Crippen LogP contribution < -0.4 is 15.0 Å². The van der Waals surface area contributed by atoms with Gasteiger partial charge in [0, 0.05) is 50.4 Å². The van der Waals surface area contributed by atoms with Gasteiger partial charge in [0.2, 0.25) is 5.91 Å². The van der Waals surface area contributed by atoms with Crippen molar-refractivity contribution in [1.82, 2.24) is 10.2 Å². The number of nitro benzene ring substituents is 1. The smallest absolute Gasteiger partial charge is 0.408 e. The number of nitro groups is 1. The number of nitrogens with one attached hydrogen (secondary N) is 1. The maximum absolute atomic E-state index is 13.4. The molecule has 0 saturated carbocycles. The van der Waals surface area contributed by atoms with E-state index in [1.165, 1.54) is 12.1 Å². The van der Waals surface area contributed by atoms with Crippen molar-refractivity contribution < 1.29 is 24.0 Å². The van der Waals surface area contributed by atoms with Crippen LogP contribution in [0, 0.1) is 10.1 Å². The van der Waals surface area contributed by atoms with Crippen molar-refractivity contribution in [3.63, 3.8) is 0 Å². The maximum Gasteiger partial charge on any atom is 0.408 e. The average molecular weight is 485 g/mol. The molecule has 1 fully saturated rings. The van der Waals surface area contributed by atoms with Gasteiger partial charge in [-0.2, -0.15) is 0 Å². The molecule has 0 aliphatic carbocycles. The van der Waals surface area contributed by atoms with Gasteiger partial charge in [0.25, 0.3) is 5.69 Å². The Balaban J connectivity index is 1.69. The van der Waals surface area contributed by atoms with Crippen LogP contribution in [0.4, 0.5) is 16.2 Å². The highest BCUT2D eigenvalue weighted by molar-refractivity contribution is 5.86. The van der Waals surface area contributed by atoms with Gasteiger partial charge in [-0.3, -0.25) is 14.9 Å². The van der Waals surface area contributed by atoms with Gasteiger partial charge in [0.1, 0.15) is 17.4 Å². The summed E-state index contributed by atoms with van der Waals surface area (Å²) in [4.78, 5) is 40.3. The standard InChI is InChI=1S/C25H32N4O6/c1-25(2,3)35-24(31)26-22(17-18-5-7-20(8-6-18)29(32)33)23(30)28-15-13-27(14-16-28)19-9-11-21(34-4)12-10-19/h5-12,22H,13-17H2,1-4H3,(H,26,31). The van der Waals surface area contributed by atoms with Gasteiger partial charge >= 0.3 is 6.09 Å². The number of hydrogen-bond acceptors (Lipinski definition) is 7. The van der Waals surface area contributed by atoms with E-state index in [-0.39, 0.29) is 18.0 Å². The molecular formula is C25H32N4O6. The number of alkyl carbamates (subject to hydrolysis) is 1. The minimum Gasteiger partial charge on any atom is -0.497 e. The first-order valence-corrected chi connectivity index (χ1v) is 11.5. The number of anilines is 1. The van der Waals surface area contributed by atoms with Gasteiger partial charge in [0.05, 0.1) is 12.0 Å². The molecule has 10 heteroatoms. The van der Waals surface area contributed by atoms with Crippen LogP contribution in [0.1, 0.15) is 26.3 Å². The van der Waals surface area contributed by atoms with Gasteiger partial charge in [-0.25, -0.2) is 4.79 Å². The van der Waals surface area contributed by atoms with Crippen molar-refractivity contribution in [2.24, 2.45) is 0 Å².